The predicted molar refractivity (Wildman–Crippen MR) is 68.3 cm³/mol. The number of benzene rings is 1. The summed E-state index contributed by atoms with van der Waals surface area (Å²) in [5, 5.41) is 13.3. The van der Waals surface area contributed by atoms with E-state index in [1.165, 1.54) is 0 Å². The van der Waals surface area contributed by atoms with Gasteiger partial charge in [0.05, 0.1) is 23.7 Å². The summed E-state index contributed by atoms with van der Waals surface area (Å²) >= 11 is 5.97. The first-order chi connectivity index (χ1) is 7.87. The molecule has 94 valence electrons. The van der Waals surface area contributed by atoms with Crippen molar-refractivity contribution in [2.24, 2.45) is 0 Å². The summed E-state index contributed by atoms with van der Waals surface area (Å²) in [5.41, 5.74) is 1.68. The summed E-state index contributed by atoms with van der Waals surface area (Å²) in [7, 11) is -3.13. The molecule has 1 heterocycles. The number of aliphatic hydroxyl groups is 1. The van der Waals surface area contributed by atoms with Crippen LogP contribution in [0.2, 0.25) is 5.02 Å². The van der Waals surface area contributed by atoms with Gasteiger partial charge >= 0.3 is 0 Å². The third-order valence-corrected chi connectivity index (χ3v) is 4.97. The molecule has 0 aromatic heterocycles. The molecule has 1 aliphatic heterocycles. The summed E-state index contributed by atoms with van der Waals surface area (Å²) in [6.07, 6.45) is -0.861. The number of aliphatic hydroxyl groups excluding tert-OH is 1. The Morgan fingerprint density at radius 3 is 2.65 bits per heavy atom. The fourth-order valence-corrected chi connectivity index (χ4v) is 3.79. The zero-order chi connectivity index (χ0) is 12.6. The molecule has 0 saturated carbocycles. The molecule has 0 amide bonds. The second-order valence-corrected chi connectivity index (χ2v) is 6.92. The normalized spacial score (nSPS) is 27.0. The molecule has 4 nitrogen and oxygen atoms in total. The molecule has 17 heavy (non-hydrogen) atoms. The highest BCUT2D eigenvalue weighted by atomic mass is 35.5. The van der Waals surface area contributed by atoms with Gasteiger partial charge in [0.2, 0.25) is 0 Å². The van der Waals surface area contributed by atoms with Gasteiger partial charge in [-0.2, -0.15) is 0 Å². The number of halogens is 1. The van der Waals surface area contributed by atoms with E-state index in [0.29, 0.717) is 5.02 Å². The Kier molecular flexibility index (Phi) is 3.34. The number of aryl methyl sites for hydroxylation is 1. The van der Waals surface area contributed by atoms with E-state index in [0.717, 1.165) is 11.3 Å². The van der Waals surface area contributed by atoms with Gasteiger partial charge in [-0.3, -0.25) is 0 Å². The maximum atomic E-state index is 11.3. The molecule has 2 N–H and O–H groups in total. The minimum Gasteiger partial charge on any atom is -0.390 e. The van der Waals surface area contributed by atoms with Gasteiger partial charge in [-0.1, -0.05) is 17.7 Å². The van der Waals surface area contributed by atoms with Crippen molar-refractivity contribution in [3.8, 4) is 0 Å². The zero-order valence-corrected chi connectivity index (χ0v) is 10.9. The smallest absolute Gasteiger partial charge is 0.155 e. The lowest BCUT2D eigenvalue weighted by Crippen LogP contribution is -2.31. The van der Waals surface area contributed by atoms with Crippen molar-refractivity contribution in [3.05, 3.63) is 28.8 Å². The first kappa shape index (κ1) is 12.7. The Labute approximate surface area is 106 Å². The Morgan fingerprint density at radius 1 is 1.41 bits per heavy atom. The summed E-state index contributed by atoms with van der Waals surface area (Å²) < 4.78 is 22.7. The van der Waals surface area contributed by atoms with Crippen LogP contribution in [0.25, 0.3) is 0 Å². The third kappa shape index (κ3) is 2.91. The van der Waals surface area contributed by atoms with Crippen LogP contribution in [0.4, 0.5) is 5.69 Å². The van der Waals surface area contributed by atoms with Crippen LogP contribution < -0.4 is 5.32 Å². The zero-order valence-electron chi connectivity index (χ0n) is 9.35. The molecule has 2 unspecified atom stereocenters. The van der Waals surface area contributed by atoms with Crippen molar-refractivity contribution in [1.82, 2.24) is 0 Å². The van der Waals surface area contributed by atoms with E-state index in [1.807, 2.05) is 19.1 Å². The van der Waals surface area contributed by atoms with Crippen molar-refractivity contribution >= 4 is 27.1 Å². The highest BCUT2D eigenvalue weighted by molar-refractivity contribution is 7.91. The van der Waals surface area contributed by atoms with Crippen LogP contribution in [0.3, 0.4) is 0 Å². The SMILES string of the molecule is Cc1ccc(NC2CS(=O)(=O)CC2O)cc1Cl. The fraction of sp³-hybridized carbons (Fsp3) is 0.455. The number of sulfone groups is 1. The minimum atomic E-state index is -3.13. The van der Waals surface area contributed by atoms with Crippen molar-refractivity contribution in [1.29, 1.82) is 0 Å². The largest absolute Gasteiger partial charge is 0.390 e. The average Bonchev–Trinajstić information content (AvgIpc) is 2.46. The van der Waals surface area contributed by atoms with Crippen molar-refractivity contribution in [2.45, 2.75) is 19.1 Å². The second-order valence-electron chi connectivity index (χ2n) is 4.36. The van der Waals surface area contributed by atoms with Crippen molar-refractivity contribution in [3.63, 3.8) is 0 Å². The number of anilines is 1. The molecule has 0 bridgehead atoms. The summed E-state index contributed by atoms with van der Waals surface area (Å²) in [6.45, 7) is 1.89. The highest BCUT2D eigenvalue weighted by Gasteiger charge is 2.36. The van der Waals surface area contributed by atoms with Crippen LogP contribution in [0.15, 0.2) is 18.2 Å². The van der Waals surface area contributed by atoms with Gasteiger partial charge in [-0.05, 0) is 24.6 Å². The molecule has 1 fully saturated rings. The van der Waals surface area contributed by atoms with E-state index < -0.39 is 22.0 Å². The monoisotopic (exact) mass is 275 g/mol. The molecule has 2 atom stereocenters. The van der Waals surface area contributed by atoms with Crippen LogP contribution in [0, 0.1) is 6.92 Å². The quantitative estimate of drug-likeness (QED) is 0.852. The maximum Gasteiger partial charge on any atom is 0.155 e. The Balaban J connectivity index is 2.14. The lowest BCUT2D eigenvalue weighted by Gasteiger charge is -2.16. The van der Waals surface area contributed by atoms with Crippen LogP contribution in [0.1, 0.15) is 5.56 Å². The Morgan fingerprint density at radius 2 is 2.12 bits per heavy atom. The van der Waals surface area contributed by atoms with E-state index in [4.69, 9.17) is 11.6 Å². The van der Waals surface area contributed by atoms with Gasteiger partial charge < -0.3 is 10.4 Å². The van der Waals surface area contributed by atoms with Crippen LogP contribution in [0.5, 0.6) is 0 Å². The van der Waals surface area contributed by atoms with Crippen LogP contribution in [-0.4, -0.2) is 37.2 Å². The Bertz CT molecular complexity index is 530. The van der Waals surface area contributed by atoms with Gasteiger partial charge in [0, 0.05) is 10.7 Å². The van der Waals surface area contributed by atoms with Gasteiger partial charge in [0.1, 0.15) is 0 Å². The van der Waals surface area contributed by atoms with Crippen LogP contribution >= 0.6 is 11.6 Å². The molecular formula is C11H14ClNO3S. The molecule has 6 heteroatoms. The lowest BCUT2D eigenvalue weighted by molar-refractivity contribution is 0.190. The molecule has 1 aliphatic rings. The number of nitrogens with one attached hydrogen (secondary N) is 1. The van der Waals surface area contributed by atoms with E-state index in [-0.39, 0.29) is 11.5 Å². The number of hydrogen-bond acceptors (Lipinski definition) is 4. The lowest BCUT2D eigenvalue weighted by atomic mass is 10.2. The minimum absolute atomic E-state index is 0.0420. The first-order valence-electron chi connectivity index (χ1n) is 5.28. The van der Waals surface area contributed by atoms with Crippen molar-refractivity contribution < 1.29 is 13.5 Å². The molecule has 0 spiro atoms. The molecular weight excluding hydrogens is 262 g/mol. The van der Waals surface area contributed by atoms with E-state index in [2.05, 4.69) is 5.32 Å². The maximum absolute atomic E-state index is 11.3. The standard InChI is InChI=1S/C11H14ClNO3S/c1-7-2-3-8(4-9(7)12)13-10-5-17(15,16)6-11(10)14/h2-4,10-11,13-14H,5-6H2,1H3. The summed E-state index contributed by atoms with van der Waals surface area (Å²) in [6, 6.07) is 4.94. The van der Waals surface area contributed by atoms with E-state index >= 15 is 0 Å². The van der Waals surface area contributed by atoms with Gasteiger partial charge in [-0.25, -0.2) is 8.42 Å². The molecule has 0 aliphatic carbocycles. The van der Waals surface area contributed by atoms with E-state index in [9.17, 15) is 13.5 Å². The molecule has 1 aromatic carbocycles. The molecule has 1 saturated heterocycles. The van der Waals surface area contributed by atoms with E-state index in [1.54, 1.807) is 6.07 Å². The third-order valence-electron chi connectivity index (χ3n) is 2.85. The number of rotatable bonds is 2. The molecule has 1 aromatic rings. The van der Waals surface area contributed by atoms with Crippen LogP contribution in [-0.2, 0) is 9.84 Å². The Hall–Kier alpha value is -0.780. The summed E-state index contributed by atoms with van der Waals surface area (Å²) in [5.74, 6) is -0.218. The summed E-state index contributed by atoms with van der Waals surface area (Å²) in [4.78, 5) is 0. The molecule has 0 radical (unpaired) electrons. The van der Waals surface area contributed by atoms with Gasteiger partial charge in [0.15, 0.2) is 9.84 Å². The second kappa shape index (κ2) is 4.48. The highest BCUT2D eigenvalue weighted by Crippen LogP contribution is 2.23. The number of hydrogen-bond donors (Lipinski definition) is 2. The van der Waals surface area contributed by atoms with Gasteiger partial charge in [0.25, 0.3) is 0 Å². The average molecular weight is 276 g/mol. The van der Waals surface area contributed by atoms with Crippen molar-refractivity contribution in [2.75, 3.05) is 16.8 Å². The fourth-order valence-electron chi connectivity index (χ4n) is 1.86. The topological polar surface area (TPSA) is 66.4 Å². The molecule has 2 rings (SSSR count). The first-order valence-corrected chi connectivity index (χ1v) is 7.48. The van der Waals surface area contributed by atoms with Gasteiger partial charge in [-0.15, -0.1) is 0 Å². The predicted octanol–water partition coefficient (Wildman–Crippen LogP) is 1.22.